The molecule has 1 aromatic rings. The number of carbonyl (C=O) groups is 1. The number of fused-ring (bicyclic) bond motifs is 1. The van der Waals surface area contributed by atoms with Crippen LogP contribution in [0.15, 0.2) is 6.07 Å². The fraction of sp³-hybridized carbons (Fsp3) is 0.667. The molecule has 118 valence electrons. The highest BCUT2D eigenvalue weighted by atomic mass is 16.3. The van der Waals surface area contributed by atoms with E-state index in [9.17, 15) is 9.90 Å². The van der Waals surface area contributed by atoms with Crippen LogP contribution in [-0.2, 0) is 17.8 Å². The van der Waals surface area contributed by atoms with Crippen molar-refractivity contribution in [3.8, 4) is 0 Å². The van der Waals surface area contributed by atoms with E-state index in [0.29, 0.717) is 32.6 Å². The van der Waals surface area contributed by atoms with E-state index in [1.165, 1.54) is 12.8 Å². The van der Waals surface area contributed by atoms with Crippen molar-refractivity contribution in [3.63, 3.8) is 0 Å². The summed E-state index contributed by atoms with van der Waals surface area (Å²) < 4.78 is 0. The van der Waals surface area contributed by atoms with Crippen molar-refractivity contribution < 1.29 is 9.90 Å². The van der Waals surface area contributed by atoms with Crippen molar-refractivity contribution in [1.82, 2.24) is 20.4 Å². The molecule has 3 aliphatic rings. The van der Waals surface area contributed by atoms with Crippen LogP contribution in [0.4, 0.5) is 5.82 Å². The van der Waals surface area contributed by atoms with Gasteiger partial charge in [-0.25, -0.2) is 0 Å². The van der Waals surface area contributed by atoms with Crippen LogP contribution < -0.4 is 10.2 Å². The second-order valence-electron chi connectivity index (χ2n) is 6.48. The highest BCUT2D eigenvalue weighted by molar-refractivity contribution is 5.87. The van der Waals surface area contributed by atoms with Crippen molar-refractivity contribution in [3.05, 3.63) is 17.3 Å². The number of nitrogens with zero attached hydrogens (tertiary/aromatic N) is 4. The van der Waals surface area contributed by atoms with E-state index in [1.807, 2.05) is 0 Å². The highest BCUT2D eigenvalue weighted by Crippen LogP contribution is 2.25. The first-order chi connectivity index (χ1) is 10.7. The smallest absolute Gasteiger partial charge is 0.257 e. The summed E-state index contributed by atoms with van der Waals surface area (Å²) in [5.74, 6) is 0.742. The molecule has 0 bridgehead atoms. The van der Waals surface area contributed by atoms with Gasteiger partial charge in [0, 0.05) is 45.7 Å². The Hall–Kier alpha value is -1.73. The van der Waals surface area contributed by atoms with Crippen LogP contribution in [0.2, 0.25) is 0 Å². The summed E-state index contributed by atoms with van der Waals surface area (Å²) in [7, 11) is 0. The Labute approximate surface area is 129 Å². The van der Waals surface area contributed by atoms with Gasteiger partial charge in [0.05, 0.1) is 5.69 Å². The lowest BCUT2D eigenvalue weighted by molar-refractivity contribution is -0.157. The topological polar surface area (TPSA) is 81.6 Å². The van der Waals surface area contributed by atoms with Crippen molar-refractivity contribution >= 4 is 11.7 Å². The van der Waals surface area contributed by atoms with Crippen LogP contribution >= 0.6 is 0 Å². The van der Waals surface area contributed by atoms with Crippen LogP contribution in [0.5, 0.6) is 0 Å². The first-order valence-electron chi connectivity index (χ1n) is 7.99. The third kappa shape index (κ3) is 2.24. The monoisotopic (exact) mass is 303 g/mol. The van der Waals surface area contributed by atoms with Gasteiger partial charge in [0.1, 0.15) is 0 Å². The number of aromatic nitrogens is 2. The van der Waals surface area contributed by atoms with Crippen LogP contribution in [0.1, 0.15) is 24.1 Å². The minimum atomic E-state index is -1.21. The molecule has 4 rings (SSSR count). The van der Waals surface area contributed by atoms with Gasteiger partial charge in [0.25, 0.3) is 5.91 Å². The summed E-state index contributed by atoms with van der Waals surface area (Å²) in [5, 5.41) is 21.9. The van der Waals surface area contributed by atoms with Crippen LogP contribution in [0.3, 0.4) is 0 Å². The second kappa shape index (κ2) is 5.17. The van der Waals surface area contributed by atoms with E-state index in [2.05, 4.69) is 26.5 Å². The number of carbonyl (C=O) groups excluding carboxylic acids is 1. The Balaban J connectivity index is 1.54. The summed E-state index contributed by atoms with van der Waals surface area (Å²) in [6.45, 7) is 3.88. The molecule has 0 aliphatic carbocycles. The Morgan fingerprint density at radius 3 is 2.68 bits per heavy atom. The van der Waals surface area contributed by atoms with Gasteiger partial charge < -0.3 is 20.2 Å². The maximum atomic E-state index is 12.4. The van der Waals surface area contributed by atoms with E-state index in [1.54, 1.807) is 4.90 Å². The molecule has 1 aromatic heterocycles. The molecule has 0 unspecified atom stereocenters. The minimum absolute atomic E-state index is 0.170. The Morgan fingerprint density at radius 1 is 1.23 bits per heavy atom. The van der Waals surface area contributed by atoms with Crippen LogP contribution in [-0.4, -0.2) is 64.4 Å². The number of hydrogen-bond acceptors (Lipinski definition) is 6. The Kier molecular flexibility index (Phi) is 3.27. The average Bonchev–Trinajstić information content (AvgIpc) is 3.05. The third-order valence-electron chi connectivity index (χ3n) is 4.88. The molecular weight excluding hydrogens is 282 g/mol. The number of rotatable bonds is 2. The number of amides is 1. The largest absolute Gasteiger partial charge is 0.377 e. The molecule has 2 saturated heterocycles. The molecule has 0 atom stereocenters. The molecule has 7 nitrogen and oxygen atoms in total. The summed E-state index contributed by atoms with van der Waals surface area (Å²) in [5.41, 5.74) is 0.827. The first-order valence-corrected chi connectivity index (χ1v) is 7.99. The fourth-order valence-electron chi connectivity index (χ4n) is 3.40. The average molecular weight is 303 g/mol. The summed E-state index contributed by atoms with van der Waals surface area (Å²) in [4.78, 5) is 16.4. The van der Waals surface area contributed by atoms with Crippen LogP contribution in [0, 0.1) is 0 Å². The van der Waals surface area contributed by atoms with Crippen molar-refractivity contribution in [2.75, 3.05) is 37.6 Å². The van der Waals surface area contributed by atoms with Crippen molar-refractivity contribution in [2.45, 2.75) is 31.4 Å². The number of β-amino-alcohol motifs (C(OH)–C–C–N with tert-alkyl or cyclic N) is 1. The normalized spacial score (nSPS) is 23.1. The lowest BCUT2D eigenvalue weighted by Crippen LogP contribution is -2.68. The molecule has 22 heavy (non-hydrogen) atoms. The summed E-state index contributed by atoms with van der Waals surface area (Å²) in [6, 6.07) is 2.07. The standard InChI is InChI=1S/C15H21N5O2/c21-14(15(22)9-16-10-15)20-6-3-12-11(8-20)7-13(18-17-12)19-4-1-2-5-19/h7,16,22H,1-6,8-10H2. The van der Waals surface area contributed by atoms with E-state index < -0.39 is 5.60 Å². The van der Waals surface area contributed by atoms with Crippen LogP contribution in [0.25, 0.3) is 0 Å². The summed E-state index contributed by atoms with van der Waals surface area (Å²) >= 11 is 0. The predicted octanol–water partition coefficient (Wildman–Crippen LogP) is -0.704. The third-order valence-corrected chi connectivity index (χ3v) is 4.88. The van der Waals surface area contributed by atoms with Gasteiger partial charge in [-0.3, -0.25) is 4.79 Å². The number of nitrogens with one attached hydrogen (secondary N) is 1. The molecule has 0 aromatic carbocycles. The summed E-state index contributed by atoms with van der Waals surface area (Å²) in [6.07, 6.45) is 3.10. The molecule has 0 saturated carbocycles. The Bertz CT molecular complexity index is 596. The Morgan fingerprint density at radius 2 is 2.00 bits per heavy atom. The maximum absolute atomic E-state index is 12.4. The van der Waals surface area contributed by atoms with Gasteiger partial charge in [0.15, 0.2) is 11.4 Å². The molecule has 0 spiro atoms. The van der Waals surface area contributed by atoms with Gasteiger partial charge in [-0.15, -0.1) is 5.10 Å². The quantitative estimate of drug-likeness (QED) is 0.752. The van der Waals surface area contributed by atoms with E-state index in [-0.39, 0.29) is 5.91 Å². The van der Waals surface area contributed by atoms with Crippen molar-refractivity contribution in [2.24, 2.45) is 0 Å². The molecule has 1 amide bonds. The number of aliphatic hydroxyl groups is 1. The minimum Gasteiger partial charge on any atom is -0.377 e. The maximum Gasteiger partial charge on any atom is 0.257 e. The molecule has 4 heterocycles. The highest BCUT2D eigenvalue weighted by Gasteiger charge is 2.45. The number of hydrogen-bond donors (Lipinski definition) is 2. The molecule has 2 N–H and O–H groups in total. The predicted molar refractivity (Wildman–Crippen MR) is 80.4 cm³/mol. The van der Waals surface area contributed by atoms with Crippen molar-refractivity contribution in [1.29, 1.82) is 0 Å². The van der Waals surface area contributed by atoms with Gasteiger partial charge in [-0.2, -0.15) is 5.10 Å². The van der Waals surface area contributed by atoms with E-state index in [0.717, 1.165) is 30.2 Å². The zero-order valence-electron chi connectivity index (χ0n) is 12.6. The SMILES string of the molecule is O=C(N1CCc2nnc(N3CCCC3)cc2C1)C1(O)CNC1. The molecule has 3 aliphatic heterocycles. The van der Waals surface area contributed by atoms with E-state index in [4.69, 9.17) is 0 Å². The molecule has 7 heteroatoms. The number of anilines is 1. The fourth-order valence-corrected chi connectivity index (χ4v) is 3.40. The van der Waals surface area contributed by atoms with Gasteiger partial charge in [-0.1, -0.05) is 0 Å². The lowest BCUT2D eigenvalue weighted by atomic mass is 9.94. The molecule has 2 fully saturated rings. The van der Waals surface area contributed by atoms with Gasteiger partial charge in [0.2, 0.25) is 0 Å². The second-order valence-corrected chi connectivity index (χ2v) is 6.48. The zero-order valence-corrected chi connectivity index (χ0v) is 12.6. The van der Waals surface area contributed by atoms with Gasteiger partial charge >= 0.3 is 0 Å². The molecular formula is C15H21N5O2. The van der Waals surface area contributed by atoms with E-state index >= 15 is 0 Å². The zero-order chi connectivity index (χ0) is 15.2. The first kappa shape index (κ1) is 13.9. The molecule has 0 radical (unpaired) electrons. The lowest BCUT2D eigenvalue weighted by Gasteiger charge is -2.41. The van der Waals surface area contributed by atoms with Gasteiger partial charge in [-0.05, 0) is 24.5 Å².